The topological polar surface area (TPSA) is 77.5 Å². The van der Waals surface area contributed by atoms with Gasteiger partial charge in [-0.15, -0.1) is 0 Å². The Balaban J connectivity index is 1.64. The molecule has 8 nitrogen and oxygen atoms in total. The smallest absolute Gasteiger partial charge is 0.343 e. The van der Waals surface area contributed by atoms with Gasteiger partial charge in [0.2, 0.25) is 0 Å². The summed E-state index contributed by atoms with van der Waals surface area (Å²) in [5.41, 5.74) is 13.9. The molecule has 0 fully saturated rings. The fraction of sp³-hybridized carbons (Fsp3) is 0.457. The Morgan fingerprint density at radius 2 is 0.615 bits per heavy atom. The highest BCUT2D eigenvalue weighted by atomic mass is 16.5. The minimum Gasteiger partial charge on any atom is -0.493 e. The highest BCUT2D eigenvalue weighted by Gasteiger charge is 2.31. The molecule has 0 saturated heterocycles. The molecule has 0 aliphatic heterocycles. The summed E-state index contributed by atoms with van der Waals surface area (Å²) in [7, 11) is 7.94. The van der Waals surface area contributed by atoms with Crippen molar-refractivity contribution in [2.45, 2.75) is 170 Å². The van der Waals surface area contributed by atoms with Crippen molar-refractivity contribution in [3.05, 3.63) is 175 Å². The number of benzene rings is 6. The maximum absolute atomic E-state index is 14.9. The molecule has 0 N–H and O–H groups in total. The molecule has 0 heterocycles. The van der Waals surface area contributed by atoms with Crippen molar-refractivity contribution in [2.24, 2.45) is 0 Å². The molecule has 0 atom stereocenters. The molecule has 0 radical (unpaired) electrons. The lowest BCUT2D eigenvalue weighted by molar-refractivity contribution is 0.0724. The van der Waals surface area contributed by atoms with Crippen LogP contribution in [-0.2, 0) is 47.3 Å². The largest absolute Gasteiger partial charge is 0.493 e. The summed E-state index contributed by atoms with van der Waals surface area (Å²) in [6.07, 6.45) is 5.45. The van der Waals surface area contributed by atoms with Gasteiger partial charge in [-0.1, -0.05) is 158 Å². The lowest BCUT2D eigenvalue weighted by atomic mass is 9.79. The zero-order chi connectivity index (χ0) is 57.1. The van der Waals surface area contributed by atoms with Crippen molar-refractivity contribution in [1.29, 1.82) is 0 Å². The number of ether oxygens (including phenoxy) is 4. The van der Waals surface area contributed by atoms with Crippen LogP contribution in [0.4, 0.5) is 11.4 Å². The second kappa shape index (κ2) is 23.8. The van der Waals surface area contributed by atoms with E-state index in [-0.39, 0.29) is 21.7 Å². The Kier molecular flexibility index (Phi) is 18.1. The van der Waals surface area contributed by atoms with Crippen molar-refractivity contribution in [3.8, 4) is 23.0 Å². The lowest BCUT2D eigenvalue weighted by Gasteiger charge is -2.29. The molecule has 0 aromatic heterocycles. The number of hydrogen-bond acceptors (Lipinski definition) is 8. The monoisotopic (exact) mass is 1050 g/mol. The Morgan fingerprint density at radius 3 is 0.821 bits per heavy atom. The summed E-state index contributed by atoms with van der Waals surface area (Å²) in [6.45, 7) is 32.5. The molecule has 0 amide bonds. The van der Waals surface area contributed by atoms with Gasteiger partial charge in [-0.25, -0.2) is 9.59 Å². The molecule has 8 heteroatoms. The minimum absolute atomic E-state index is 0.215. The van der Waals surface area contributed by atoms with Crippen LogP contribution in [0.25, 0.3) is 0 Å². The average molecular weight is 1060 g/mol. The molecule has 8 bridgehead atoms. The molecular weight excluding hydrogens is 965 g/mol. The summed E-state index contributed by atoms with van der Waals surface area (Å²) < 4.78 is 28.0. The highest BCUT2D eigenvalue weighted by Crippen LogP contribution is 2.45. The lowest BCUT2D eigenvalue weighted by Crippen LogP contribution is -2.19. The Morgan fingerprint density at radius 1 is 0.385 bits per heavy atom. The predicted molar refractivity (Wildman–Crippen MR) is 324 cm³/mol. The first kappa shape index (κ1) is 59.1. The van der Waals surface area contributed by atoms with E-state index in [1.165, 1.54) is 11.1 Å². The summed E-state index contributed by atoms with van der Waals surface area (Å²) in [4.78, 5) is 33.7. The third-order valence-electron chi connectivity index (χ3n) is 15.1. The number of hydrogen-bond donors (Lipinski definition) is 0. The minimum atomic E-state index is -0.454. The van der Waals surface area contributed by atoms with E-state index in [2.05, 4.69) is 145 Å². The maximum atomic E-state index is 14.9. The first-order valence-electron chi connectivity index (χ1n) is 28.5. The molecule has 7 rings (SSSR count). The van der Waals surface area contributed by atoms with Crippen LogP contribution in [0.2, 0.25) is 0 Å². The van der Waals surface area contributed by atoms with E-state index in [1.54, 1.807) is 0 Å². The van der Waals surface area contributed by atoms with Crippen LogP contribution >= 0.6 is 0 Å². The van der Waals surface area contributed by atoms with Crippen LogP contribution in [0.15, 0.2) is 97.1 Å². The quantitative estimate of drug-likeness (QED) is 0.0606. The molecule has 6 aromatic carbocycles. The number of fused-ring (bicyclic) bond motifs is 8. The Hall–Kier alpha value is -6.54. The van der Waals surface area contributed by atoms with E-state index in [1.807, 2.05) is 86.5 Å². The molecule has 1 aliphatic carbocycles. The van der Waals surface area contributed by atoms with Crippen molar-refractivity contribution in [1.82, 2.24) is 0 Å². The second-order valence-corrected chi connectivity index (χ2v) is 26.3. The number of rotatable bonds is 14. The van der Waals surface area contributed by atoms with Gasteiger partial charge in [0.25, 0.3) is 0 Å². The summed E-state index contributed by atoms with van der Waals surface area (Å²) >= 11 is 0. The second-order valence-electron chi connectivity index (χ2n) is 26.3. The van der Waals surface area contributed by atoms with Gasteiger partial charge in [0.1, 0.15) is 23.0 Å². The van der Waals surface area contributed by atoms with Gasteiger partial charge in [-0.05, 0) is 128 Å². The van der Waals surface area contributed by atoms with Crippen LogP contribution in [-0.4, -0.2) is 53.3 Å². The number of carbonyl (C=O) groups excluding carboxylic acids is 2. The molecule has 6 aromatic rings. The SMILES string of the molecule is CCCCOc1c2cc(C(C)(C)C)cc1Cc1cc(C(C)(C)C)cc(c1OC(=O)c1ccc(N(C)C)cc1)Cc1cc(C(C)(C)C)cc(c1OC(=O)c1ccc(N(C)C)cc1)Cc1cc(C(C)(C)C)cc(c1OCCCC)C2. The normalized spacial score (nSPS) is 12.9. The van der Waals surface area contributed by atoms with E-state index in [0.717, 1.165) is 104 Å². The van der Waals surface area contributed by atoms with E-state index in [9.17, 15) is 9.59 Å². The number of esters is 2. The molecule has 78 heavy (non-hydrogen) atoms. The standard InChI is InChI=1S/C70H90N2O6/c1-19-21-31-75-61-47-33-48-38-56(68(6,7)8)40-50(62(48)76-32-22-20-2)35-52-42-58(70(12,13)14)44-54(64(52)78-66(74)46-25-29-60(30-26-46)72(17)18)36-53-43-57(69(9,10)11)41-51(34-49(61)39-55(37-47)67(3,4)5)63(53)77-65(73)45-23-27-59(28-24-45)71(15)16/h23-30,37-44H,19-22,31-36H2,1-18H3. The molecular formula is C70H90N2O6. The number of anilines is 2. The van der Waals surface area contributed by atoms with E-state index in [4.69, 9.17) is 18.9 Å². The zero-order valence-electron chi connectivity index (χ0n) is 50.7. The molecule has 0 spiro atoms. The van der Waals surface area contributed by atoms with Gasteiger partial charge in [-0.2, -0.15) is 0 Å². The van der Waals surface area contributed by atoms with Crippen molar-refractivity contribution >= 4 is 23.3 Å². The number of nitrogens with zero attached hydrogens (tertiary/aromatic N) is 2. The van der Waals surface area contributed by atoms with Gasteiger partial charge in [0.15, 0.2) is 0 Å². The first-order chi connectivity index (χ1) is 36.5. The highest BCUT2D eigenvalue weighted by molar-refractivity contribution is 5.93. The van der Waals surface area contributed by atoms with Crippen LogP contribution < -0.4 is 28.7 Å². The summed E-state index contributed by atoms with van der Waals surface area (Å²) in [5.74, 6) is 1.79. The van der Waals surface area contributed by atoms with Gasteiger partial charge >= 0.3 is 11.9 Å². The van der Waals surface area contributed by atoms with Crippen LogP contribution in [0.5, 0.6) is 23.0 Å². The van der Waals surface area contributed by atoms with Crippen LogP contribution in [0.1, 0.15) is 210 Å². The summed E-state index contributed by atoms with van der Waals surface area (Å²) in [5, 5.41) is 0. The number of unbranched alkanes of at least 4 members (excludes halogenated alkanes) is 2. The fourth-order valence-electron chi connectivity index (χ4n) is 9.99. The Bertz CT molecular complexity index is 2890. The van der Waals surface area contributed by atoms with E-state index >= 15 is 0 Å². The van der Waals surface area contributed by atoms with E-state index in [0.29, 0.717) is 61.5 Å². The van der Waals surface area contributed by atoms with Crippen LogP contribution in [0, 0.1) is 0 Å². The summed E-state index contributed by atoms with van der Waals surface area (Å²) in [6, 6.07) is 33.3. The van der Waals surface area contributed by atoms with Crippen molar-refractivity contribution < 1.29 is 28.5 Å². The predicted octanol–water partition coefficient (Wildman–Crippen LogP) is 16.5. The number of carbonyl (C=O) groups is 2. The molecule has 0 saturated carbocycles. The van der Waals surface area contributed by atoms with E-state index < -0.39 is 11.9 Å². The van der Waals surface area contributed by atoms with Crippen LogP contribution in [0.3, 0.4) is 0 Å². The van der Waals surface area contributed by atoms with Crippen molar-refractivity contribution in [3.63, 3.8) is 0 Å². The maximum Gasteiger partial charge on any atom is 0.343 e. The van der Waals surface area contributed by atoms with Gasteiger partial charge in [0, 0.05) is 87.5 Å². The van der Waals surface area contributed by atoms with Gasteiger partial charge in [-0.3, -0.25) is 0 Å². The first-order valence-corrected chi connectivity index (χ1v) is 28.5. The third kappa shape index (κ3) is 14.2. The van der Waals surface area contributed by atoms with Gasteiger partial charge < -0.3 is 28.7 Å². The average Bonchev–Trinajstić information content (AvgIpc) is 3.50. The fourth-order valence-corrected chi connectivity index (χ4v) is 9.99. The molecule has 1 aliphatic rings. The molecule has 416 valence electrons. The van der Waals surface area contributed by atoms with Gasteiger partial charge in [0.05, 0.1) is 24.3 Å². The zero-order valence-corrected chi connectivity index (χ0v) is 50.7. The van der Waals surface area contributed by atoms with Crippen molar-refractivity contribution in [2.75, 3.05) is 51.2 Å². The Labute approximate surface area is 468 Å². The molecule has 0 unspecified atom stereocenters. The third-order valence-corrected chi connectivity index (χ3v) is 15.1.